The van der Waals surface area contributed by atoms with E-state index in [0.717, 1.165) is 41.6 Å². The molecule has 0 spiro atoms. The molecular weight excluding hydrogens is 380 g/mol. The number of hydrogen-bond donors (Lipinski definition) is 1. The van der Waals surface area contributed by atoms with Crippen molar-refractivity contribution in [2.45, 2.75) is 19.9 Å². The second-order valence-corrected chi connectivity index (χ2v) is 7.43. The maximum atomic E-state index is 12.2. The maximum absolute atomic E-state index is 12.2. The van der Waals surface area contributed by atoms with Crippen LogP contribution in [0.5, 0.6) is 11.5 Å². The summed E-state index contributed by atoms with van der Waals surface area (Å²) < 4.78 is 10.9. The van der Waals surface area contributed by atoms with Crippen molar-refractivity contribution < 1.29 is 14.3 Å². The lowest BCUT2D eigenvalue weighted by atomic mass is 10.1. The van der Waals surface area contributed by atoms with Crippen molar-refractivity contribution in [1.29, 1.82) is 0 Å². The highest BCUT2D eigenvalue weighted by Crippen LogP contribution is 2.32. The Morgan fingerprint density at radius 2 is 1.87 bits per heavy atom. The van der Waals surface area contributed by atoms with Crippen molar-refractivity contribution in [2.24, 2.45) is 4.99 Å². The number of hydrogen-bond acceptors (Lipinski definition) is 4. The molecule has 0 radical (unpaired) electrons. The number of carbonyl (C=O) groups excluding carboxylic acids is 1. The molecule has 1 aliphatic heterocycles. The fraction of sp³-hybridized carbons (Fsp3) is 0.391. The van der Waals surface area contributed by atoms with Gasteiger partial charge in [-0.25, -0.2) is 0 Å². The van der Waals surface area contributed by atoms with Crippen LogP contribution in [0.4, 0.5) is 0 Å². The molecule has 1 heterocycles. The van der Waals surface area contributed by atoms with Crippen LogP contribution < -0.4 is 14.8 Å². The second kappa shape index (κ2) is 10.0. The Hall–Kier alpha value is -3.22. The van der Waals surface area contributed by atoms with Crippen molar-refractivity contribution in [3.05, 3.63) is 59.2 Å². The van der Waals surface area contributed by atoms with Crippen LogP contribution in [0.15, 0.2) is 47.5 Å². The molecule has 2 aromatic rings. The summed E-state index contributed by atoms with van der Waals surface area (Å²) in [5, 5.41) is 3.34. The molecule has 0 saturated heterocycles. The van der Waals surface area contributed by atoms with Gasteiger partial charge in [-0.2, -0.15) is 0 Å². The number of fused-ring (bicyclic) bond motifs is 1. The van der Waals surface area contributed by atoms with Crippen molar-refractivity contribution in [3.63, 3.8) is 0 Å². The van der Waals surface area contributed by atoms with Crippen LogP contribution >= 0.6 is 0 Å². The molecule has 3 rings (SSSR count). The minimum Gasteiger partial charge on any atom is -0.454 e. The zero-order valence-electron chi connectivity index (χ0n) is 18.1. The fourth-order valence-corrected chi connectivity index (χ4v) is 3.27. The van der Waals surface area contributed by atoms with Gasteiger partial charge in [-0.1, -0.05) is 18.2 Å². The Bertz CT molecular complexity index is 911. The van der Waals surface area contributed by atoms with E-state index in [1.54, 1.807) is 19.0 Å². The lowest BCUT2D eigenvalue weighted by Crippen LogP contribution is -2.38. The van der Waals surface area contributed by atoms with Crippen LogP contribution in [0.25, 0.3) is 0 Å². The molecule has 0 saturated carbocycles. The zero-order chi connectivity index (χ0) is 21.5. The van der Waals surface area contributed by atoms with Crippen LogP contribution in [0.3, 0.4) is 0 Å². The number of benzene rings is 2. The van der Waals surface area contributed by atoms with Crippen LogP contribution in [0.1, 0.15) is 28.4 Å². The molecule has 0 aliphatic carbocycles. The number of aliphatic imine (C=N–C) groups is 1. The third kappa shape index (κ3) is 5.43. The molecule has 2 aromatic carbocycles. The highest BCUT2D eigenvalue weighted by atomic mass is 16.7. The number of ether oxygens (including phenoxy) is 2. The summed E-state index contributed by atoms with van der Waals surface area (Å²) in [5.74, 6) is 2.43. The van der Waals surface area contributed by atoms with Gasteiger partial charge in [-0.05, 0) is 48.7 Å². The summed E-state index contributed by atoms with van der Waals surface area (Å²) in [5.41, 5.74) is 2.93. The van der Waals surface area contributed by atoms with E-state index in [1.807, 2.05) is 49.5 Å². The first-order valence-electron chi connectivity index (χ1n) is 10.2. The molecule has 7 heteroatoms. The molecule has 1 N–H and O–H groups in total. The summed E-state index contributed by atoms with van der Waals surface area (Å²) in [6.45, 7) is 4.46. The zero-order valence-corrected chi connectivity index (χ0v) is 18.1. The largest absolute Gasteiger partial charge is 0.454 e. The van der Waals surface area contributed by atoms with E-state index in [1.165, 1.54) is 0 Å². The predicted octanol–water partition coefficient (Wildman–Crippen LogP) is 2.76. The summed E-state index contributed by atoms with van der Waals surface area (Å²) in [6, 6.07) is 13.7. The Morgan fingerprint density at radius 3 is 2.63 bits per heavy atom. The van der Waals surface area contributed by atoms with Gasteiger partial charge in [0.05, 0.1) is 0 Å². The van der Waals surface area contributed by atoms with Crippen LogP contribution in [-0.4, -0.2) is 62.7 Å². The fourth-order valence-electron chi connectivity index (χ4n) is 3.27. The topological polar surface area (TPSA) is 66.4 Å². The molecule has 0 bridgehead atoms. The van der Waals surface area contributed by atoms with Crippen molar-refractivity contribution in [3.8, 4) is 11.5 Å². The molecule has 1 aliphatic rings. The van der Waals surface area contributed by atoms with E-state index >= 15 is 0 Å². The van der Waals surface area contributed by atoms with Gasteiger partial charge in [0.25, 0.3) is 5.91 Å². The lowest BCUT2D eigenvalue weighted by molar-refractivity contribution is 0.0827. The summed E-state index contributed by atoms with van der Waals surface area (Å²) in [6.07, 6.45) is 0.765. The van der Waals surface area contributed by atoms with E-state index < -0.39 is 0 Å². The first-order chi connectivity index (χ1) is 14.5. The molecule has 7 nitrogen and oxygen atoms in total. The lowest BCUT2D eigenvalue weighted by Gasteiger charge is -2.22. The van der Waals surface area contributed by atoms with E-state index in [-0.39, 0.29) is 12.7 Å². The molecule has 30 heavy (non-hydrogen) atoms. The Morgan fingerprint density at radius 1 is 1.07 bits per heavy atom. The maximum Gasteiger partial charge on any atom is 0.253 e. The van der Waals surface area contributed by atoms with Gasteiger partial charge >= 0.3 is 0 Å². The highest BCUT2D eigenvalue weighted by molar-refractivity contribution is 5.94. The highest BCUT2D eigenvalue weighted by Gasteiger charge is 2.15. The SMILES string of the molecule is CCNC(=NCCc1cccc(C(=O)N(C)C)c1)N(C)Cc1ccc2c(c1)OCO2. The molecule has 0 fully saturated rings. The van der Waals surface area contributed by atoms with Crippen molar-refractivity contribution in [2.75, 3.05) is 41.0 Å². The first kappa shape index (κ1) is 21.5. The minimum absolute atomic E-state index is 0.0112. The third-order valence-corrected chi connectivity index (χ3v) is 4.80. The van der Waals surface area contributed by atoms with Crippen LogP contribution in [0.2, 0.25) is 0 Å². The van der Waals surface area contributed by atoms with Crippen molar-refractivity contribution in [1.82, 2.24) is 15.1 Å². The normalized spacial score (nSPS) is 12.6. The summed E-state index contributed by atoms with van der Waals surface area (Å²) >= 11 is 0. The molecule has 0 aromatic heterocycles. The number of rotatable bonds is 7. The predicted molar refractivity (Wildman–Crippen MR) is 118 cm³/mol. The monoisotopic (exact) mass is 410 g/mol. The molecule has 160 valence electrons. The number of nitrogens with one attached hydrogen (secondary N) is 1. The number of carbonyl (C=O) groups is 1. The van der Waals surface area contributed by atoms with Crippen molar-refractivity contribution >= 4 is 11.9 Å². The Balaban J connectivity index is 1.63. The van der Waals surface area contributed by atoms with E-state index in [9.17, 15) is 4.79 Å². The van der Waals surface area contributed by atoms with Gasteiger partial charge in [0.15, 0.2) is 17.5 Å². The average molecular weight is 411 g/mol. The summed E-state index contributed by atoms with van der Waals surface area (Å²) in [7, 11) is 5.54. The minimum atomic E-state index is 0.0112. The average Bonchev–Trinajstić information content (AvgIpc) is 3.20. The third-order valence-electron chi connectivity index (χ3n) is 4.80. The number of nitrogens with zero attached hydrogens (tertiary/aromatic N) is 3. The van der Waals surface area contributed by atoms with E-state index in [2.05, 4.69) is 17.1 Å². The molecule has 1 amide bonds. The Kier molecular flexibility index (Phi) is 7.17. The molecule has 0 unspecified atom stereocenters. The van der Waals surface area contributed by atoms with Crippen LogP contribution in [-0.2, 0) is 13.0 Å². The molecule has 0 atom stereocenters. The van der Waals surface area contributed by atoms with E-state index in [0.29, 0.717) is 18.7 Å². The number of guanidine groups is 1. The summed E-state index contributed by atoms with van der Waals surface area (Å²) in [4.78, 5) is 20.6. The first-order valence-corrected chi connectivity index (χ1v) is 10.2. The van der Waals surface area contributed by atoms with Gasteiger partial charge in [-0.3, -0.25) is 9.79 Å². The van der Waals surface area contributed by atoms with Crippen LogP contribution in [0, 0.1) is 0 Å². The van der Waals surface area contributed by atoms with Gasteiger partial charge in [0.2, 0.25) is 6.79 Å². The smallest absolute Gasteiger partial charge is 0.253 e. The van der Waals surface area contributed by atoms with Gasteiger partial charge < -0.3 is 24.6 Å². The standard InChI is InChI=1S/C23H30N4O3/c1-5-24-23(27(4)15-18-9-10-20-21(14-18)30-16-29-20)25-12-11-17-7-6-8-19(13-17)22(28)26(2)3/h6-10,13-14H,5,11-12,15-16H2,1-4H3,(H,24,25). The Labute approximate surface area is 178 Å². The van der Waals surface area contributed by atoms with Gasteiger partial charge in [0, 0.05) is 46.3 Å². The second-order valence-electron chi connectivity index (χ2n) is 7.43. The number of amides is 1. The quantitative estimate of drug-likeness (QED) is 0.562. The van der Waals surface area contributed by atoms with E-state index in [4.69, 9.17) is 14.5 Å². The van der Waals surface area contributed by atoms with Gasteiger partial charge in [-0.15, -0.1) is 0 Å². The van der Waals surface area contributed by atoms with Gasteiger partial charge in [0.1, 0.15) is 0 Å². The molecular formula is C23H30N4O3.